The van der Waals surface area contributed by atoms with Gasteiger partial charge in [-0.2, -0.15) is 0 Å². The van der Waals surface area contributed by atoms with Crippen LogP contribution >= 0.6 is 0 Å². The summed E-state index contributed by atoms with van der Waals surface area (Å²) in [6.45, 7) is 1.44. The van der Waals surface area contributed by atoms with E-state index < -0.39 is 0 Å². The van der Waals surface area contributed by atoms with Crippen LogP contribution in [-0.4, -0.2) is 50.6 Å². The molecule has 1 atom stereocenters. The maximum Gasteiger partial charge on any atom is 0.245 e. The Balaban J connectivity index is 1.69. The Morgan fingerprint density at radius 2 is 1.82 bits per heavy atom. The number of rotatable bonds is 3. The van der Waals surface area contributed by atoms with Crippen LogP contribution in [0.1, 0.15) is 38.5 Å². The van der Waals surface area contributed by atoms with Gasteiger partial charge in [0, 0.05) is 19.1 Å². The average Bonchev–Trinajstić information content (AvgIpc) is 3.17. The van der Waals surface area contributed by atoms with E-state index in [1.54, 1.807) is 0 Å². The quantitative estimate of drug-likeness (QED) is 0.876. The molecule has 2 aromatic rings. The second kappa shape index (κ2) is 5.68. The number of nitrogens with one attached hydrogen (secondary N) is 1. The molecule has 0 spiro atoms. The summed E-state index contributed by atoms with van der Waals surface area (Å²) in [6, 6.07) is 0.431. The summed E-state index contributed by atoms with van der Waals surface area (Å²) in [4.78, 5) is 11.2. The topological polar surface area (TPSA) is 100 Å². The van der Waals surface area contributed by atoms with Gasteiger partial charge in [-0.15, -0.1) is 0 Å². The molecule has 1 unspecified atom stereocenters. The van der Waals surface area contributed by atoms with Crippen LogP contribution in [0.3, 0.4) is 0 Å². The molecule has 0 radical (unpaired) electrons. The van der Waals surface area contributed by atoms with Gasteiger partial charge in [-0.3, -0.25) is 0 Å². The number of hydrogen-bond donors (Lipinski definition) is 2. The summed E-state index contributed by atoms with van der Waals surface area (Å²) >= 11 is 0. The normalized spacial score (nSPS) is 23.3. The molecular weight excluding hydrogens is 284 g/mol. The van der Waals surface area contributed by atoms with Gasteiger partial charge in [0.05, 0.1) is 6.10 Å². The predicted molar refractivity (Wildman–Crippen MR) is 80.7 cm³/mol. The second-order valence-electron chi connectivity index (χ2n) is 6.18. The van der Waals surface area contributed by atoms with Gasteiger partial charge in [0.1, 0.15) is 0 Å². The maximum absolute atomic E-state index is 9.93. The van der Waals surface area contributed by atoms with Crippen molar-refractivity contribution in [3.63, 3.8) is 0 Å². The fourth-order valence-corrected chi connectivity index (χ4v) is 3.36. The zero-order valence-electron chi connectivity index (χ0n) is 12.4. The van der Waals surface area contributed by atoms with Gasteiger partial charge < -0.3 is 15.3 Å². The van der Waals surface area contributed by atoms with Crippen LogP contribution in [-0.2, 0) is 0 Å². The average molecular weight is 304 g/mol. The Hall–Kier alpha value is -1.96. The van der Waals surface area contributed by atoms with Crippen molar-refractivity contribution in [3.8, 4) is 0 Å². The molecule has 1 aliphatic heterocycles. The highest BCUT2D eigenvalue weighted by Gasteiger charge is 2.25. The molecule has 2 aliphatic rings. The highest BCUT2D eigenvalue weighted by Crippen LogP contribution is 2.29. The molecule has 1 aliphatic carbocycles. The van der Waals surface area contributed by atoms with E-state index in [0.717, 1.165) is 43.9 Å². The first kappa shape index (κ1) is 13.7. The molecule has 22 heavy (non-hydrogen) atoms. The predicted octanol–water partition coefficient (Wildman–Crippen LogP) is 1.33. The summed E-state index contributed by atoms with van der Waals surface area (Å²) in [5.74, 6) is 1.47. The molecule has 2 aromatic heterocycles. The molecule has 0 aromatic carbocycles. The summed E-state index contributed by atoms with van der Waals surface area (Å²) in [5.41, 5.74) is 0.828. The summed E-state index contributed by atoms with van der Waals surface area (Å²) in [7, 11) is 0. The van der Waals surface area contributed by atoms with Gasteiger partial charge >= 0.3 is 0 Å². The lowest BCUT2D eigenvalue weighted by Gasteiger charge is -2.32. The molecule has 4 rings (SSSR count). The van der Waals surface area contributed by atoms with Crippen LogP contribution < -0.4 is 10.2 Å². The number of nitrogens with zero attached hydrogens (tertiary/aromatic N) is 5. The molecular formula is C14H20N6O2. The smallest absolute Gasteiger partial charge is 0.245 e. The molecule has 3 heterocycles. The van der Waals surface area contributed by atoms with Crippen molar-refractivity contribution >= 4 is 22.9 Å². The molecule has 0 bridgehead atoms. The second-order valence-corrected chi connectivity index (χ2v) is 6.18. The third kappa shape index (κ3) is 2.58. The van der Waals surface area contributed by atoms with Crippen LogP contribution in [0.2, 0.25) is 0 Å². The molecule has 1 saturated heterocycles. The molecule has 2 fully saturated rings. The van der Waals surface area contributed by atoms with Crippen molar-refractivity contribution < 1.29 is 9.74 Å². The Labute approximate surface area is 127 Å². The highest BCUT2D eigenvalue weighted by molar-refractivity contribution is 5.74. The molecule has 8 nitrogen and oxygen atoms in total. The van der Waals surface area contributed by atoms with Gasteiger partial charge in [-0.1, -0.05) is 12.8 Å². The summed E-state index contributed by atoms with van der Waals surface area (Å²) in [6.07, 6.45) is 6.26. The SMILES string of the molecule is OC1CCCN(c2nc3nonc3nc2NC2CCCC2)C1. The zero-order chi connectivity index (χ0) is 14.9. The Kier molecular flexibility index (Phi) is 3.53. The summed E-state index contributed by atoms with van der Waals surface area (Å²) in [5, 5.41) is 21.0. The number of β-amino-alcohol motifs (C(OH)–C–C–N with tert-alkyl or cyclic N) is 1. The van der Waals surface area contributed by atoms with Crippen LogP contribution in [0, 0.1) is 0 Å². The van der Waals surface area contributed by atoms with Crippen molar-refractivity contribution in [1.82, 2.24) is 20.3 Å². The fourth-order valence-electron chi connectivity index (χ4n) is 3.36. The van der Waals surface area contributed by atoms with Gasteiger partial charge in [0.25, 0.3) is 0 Å². The lowest BCUT2D eigenvalue weighted by molar-refractivity contribution is 0.154. The maximum atomic E-state index is 9.93. The van der Waals surface area contributed by atoms with E-state index in [4.69, 9.17) is 4.63 Å². The van der Waals surface area contributed by atoms with E-state index >= 15 is 0 Å². The van der Waals surface area contributed by atoms with E-state index in [-0.39, 0.29) is 6.10 Å². The van der Waals surface area contributed by atoms with Crippen LogP contribution in [0.4, 0.5) is 11.6 Å². The number of aromatic nitrogens is 4. The van der Waals surface area contributed by atoms with E-state index in [0.29, 0.717) is 23.9 Å². The lowest BCUT2D eigenvalue weighted by atomic mass is 10.1. The minimum absolute atomic E-state index is 0.319. The number of piperidine rings is 1. The first-order valence-corrected chi connectivity index (χ1v) is 7.99. The lowest BCUT2D eigenvalue weighted by Crippen LogP contribution is -2.39. The largest absolute Gasteiger partial charge is 0.391 e. The number of fused-ring (bicyclic) bond motifs is 1. The van der Waals surface area contributed by atoms with Crippen molar-refractivity contribution in [3.05, 3.63) is 0 Å². The number of aliphatic hydroxyl groups excluding tert-OH is 1. The van der Waals surface area contributed by atoms with Crippen molar-refractivity contribution in [2.45, 2.75) is 50.7 Å². The van der Waals surface area contributed by atoms with Crippen molar-refractivity contribution in [2.75, 3.05) is 23.3 Å². The Bertz CT molecular complexity index is 654. The molecule has 2 N–H and O–H groups in total. The van der Waals surface area contributed by atoms with Crippen molar-refractivity contribution in [1.29, 1.82) is 0 Å². The van der Waals surface area contributed by atoms with Gasteiger partial charge in [0.2, 0.25) is 11.3 Å². The number of anilines is 2. The van der Waals surface area contributed by atoms with E-state index in [1.165, 1.54) is 12.8 Å². The Morgan fingerprint density at radius 3 is 2.59 bits per heavy atom. The van der Waals surface area contributed by atoms with Gasteiger partial charge in [-0.05, 0) is 36.0 Å². The Morgan fingerprint density at radius 1 is 1.05 bits per heavy atom. The molecule has 0 amide bonds. The van der Waals surface area contributed by atoms with Crippen LogP contribution in [0.25, 0.3) is 11.3 Å². The minimum atomic E-state index is -0.319. The molecule has 8 heteroatoms. The van der Waals surface area contributed by atoms with Crippen LogP contribution in [0.5, 0.6) is 0 Å². The van der Waals surface area contributed by atoms with E-state index in [9.17, 15) is 5.11 Å². The number of hydrogen-bond acceptors (Lipinski definition) is 8. The fraction of sp³-hybridized carbons (Fsp3) is 0.714. The first-order valence-electron chi connectivity index (χ1n) is 7.99. The third-order valence-electron chi connectivity index (χ3n) is 4.49. The number of aliphatic hydroxyl groups is 1. The monoisotopic (exact) mass is 304 g/mol. The zero-order valence-corrected chi connectivity index (χ0v) is 12.4. The minimum Gasteiger partial charge on any atom is -0.391 e. The highest BCUT2D eigenvalue weighted by atomic mass is 16.6. The van der Waals surface area contributed by atoms with E-state index in [1.807, 2.05) is 0 Å². The molecule has 1 saturated carbocycles. The molecule has 118 valence electrons. The van der Waals surface area contributed by atoms with Crippen molar-refractivity contribution in [2.24, 2.45) is 0 Å². The third-order valence-corrected chi connectivity index (χ3v) is 4.49. The van der Waals surface area contributed by atoms with Gasteiger partial charge in [0.15, 0.2) is 11.6 Å². The standard InChI is InChI=1S/C14H20N6O2/c21-10-6-3-7-20(8-10)14-13(15-9-4-1-2-5-9)16-11-12(17-14)19-22-18-11/h9-10,21H,1-8H2,(H,15,16,18). The van der Waals surface area contributed by atoms with E-state index in [2.05, 4.69) is 30.5 Å². The summed E-state index contributed by atoms with van der Waals surface area (Å²) < 4.78 is 4.73. The first-order chi connectivity index (χ1) is 10.8. The van der Waals surface area contributed by atoms with Gasteiger partial charge in [-0.25, -0.2) is 14.6 Å². The van der Waals surface area contributed by atoms with Crippen LogP contribution in [0.15, 0.2) is 4.63 Å².